The van der Waals surface area contributed by atoms with Crippen molar-refractivity contribution in [1.29, 1.82) is 0 Å². The molecule has 5 rings (SSSR count). The van der Waals surface area contributed by atoms with E-state index in [-0.39, 0.29) is 24.0 Å². The van der Waals surface area contributed by atoms with Crippen LogP contribution in [0.3, 0.4) is 0 Å². The van der Waals surface area contributed by atoms with Crippen molar-refractivity contribution in [2.45, 2.75) is 51.2 Å². The van der Waals surface area contributed by atoms with E-state index in [1.165, 1.54) is 0 Å². The van der Waals surface area contributed by atoms with E-state index in [4.69, 9.17) is 4.74 Å². The number of fused-ring (bicyclic) bond motifs is 1. The molecule has 150 valence electrons. The summed E-state index contributed by atoms with van der Waals surface area (Å²) in [4.78, 5) is 16.4. The summed E-state index contributed by atoms with van der Waals surface area (Å²) in [5.41, 5.74) is 3.76. The molecule has 7 nitrogen and oxygen atoms in total. The first kappa shape index (κ1) is 18.1. The van der Waals surface area contributed by atoms with Crippen LogP contribution in [0.15, 0.2) is 36.7 Å². The minimum absolute atomic E-state index is 0.0104. The number of hydrogen-bond donors (Lipinski definition) is 2. The van der Waals surface area contributed by atoms with E-state index in [2.05, 4.69) is 15.4 Å². The largest absolute Gasteiger partial charge is 0.488 e. The monoisotopic (exact) mass is 392 g/mol. The number of ether oxygens (including phenoxy) is 1. The Morgan fingerprint density at radius 3 is 2.86 bits per heavy atom. The molecule has 3 aromatic heterocycles. The van der Waals surface area contributed by atoms with Crippen molar-refractivity contribution in [2.75, 3.05) is 5.32 Å². The first-order chi connectivity index (χ1) is 14.0. The Hall–Kier alpha value is -2.93. The Morgan fingerprint density at radius 2 is 2.10 bits per heavy atom. The maximum absolute atomic E-state index is 12.0. The van der Waals surface area contributed by atoms with Crippen LogP contribution >= 0.6 is 0 Å². The molecule has 1 amide bonds. The predicted octanol–water partition coefficient (Wildman–Crippen LogP) is 3.35. The fourth-order valence-electron chi connectivity index (χ4n) is 3.87. The van der Waals surface area contributed by atoms with E-state index in [0.717, 1.165) is 53.8 Å². The smallest absolute Gasteiger partial charge is 0.228 e. The van der Waals surface area contributed by atoms with E-state index < -0.39 is 0 Å². The second kappa shape index (κ2) is 7.15. The average molecular weight is 392 g/mol. The van der Waals surface area contributed by atoms with E-state index in [0.29, 0.717) is 12.2 Å². The molecule has 2 atom stereocenters. The van der Waals surface area contributed by atoms with Gasteiger partial charge >= 0.3 is 0 Å². The molecule has 2 fully saturated rings. The maximum atomic E-state index is 12.0. The highest BCUT2D eigenvalue weighted by Crippen LogP contribution is 2.34. The number of carbonyl (C=O) groups excluding carboxylic acids is 1. The molecule has 0 aliphatic heterocycles. The third-order valence-electron chi connectivity index (χ3n) is 5.63. The van der Waals surface area contributed by atoms with Gasteiger partial charge in [-0.2, -0.15) is 5.10 Å². The van der Waals surface area contributed by atoms with Crippen molar-refractivity contribution in [1.82, 2.24) is 14.6 Å². The quantitative estimate of drug-likeness (QED) is 0.695. The number of anilines is 1. The van der Waals surface area contributed by atoms with Gasteiger partial charge < -0.3 is 15.2 Å². The Bertz CT molecular complexity index is 1070. The van der Waals surface area contributed by atoms with Crippen LogP contribution in [-0.2, 0) is 4.79 Å². The number of aryl methyl sites for hydroxylation is 1. The number of rotatable bonds is 5. The molecule has 3 heterocycles. The number of amides is 1. The average Bonchev–Trinajstić information content (AvgIpc) is 3.36. The van der Waals surface area contributed by atoms with Gasteiger partial charge in [-0.15, -0.1) is 0 Å². The molecule has 2 N–H and O–H groups in total. The summed E-state index contributed by atoms with van der Waals surface area (Å²) in [7, 11) is 0. The number of nitrogens with one attached hydrogen (secondary N) is 1. The molecular weight excluding hydrogens is 368 g/mol. The lowest BCUT2D eigenvalue weighted by molar-refractivity contribution is -0.117. The van der Waals surface area contributed by atoms with Crippen LogP contribution in [0.25, 0.3) is 16.6 Å². The summed E-state index contributed by atoms with van der Waals surface area (Å²) in [6.07, 6.45) is 7.57. The second-order valence-electron chi connectivity index (χ2n) is 8.11. The molecule has 7 heteroatoms. The number of carbonyl (C=O) groups is 1. The highest BCUT2D eigenvalue weighted by molar-refractivity contribution is 5.93. The van der Waals surface area contributed by atoms with Gasteiger partial charge in [0.05, 0.1) is 17.8 Å². The van der Waals surface area contributed by atoms with Crippen LogP contribution in [-0.4, -0.2) is 37.8 Å². The number of aromatic nitrogens is 3. The van der Waals surface area contributed by atoms with Gasteiger partial charge in [0.25, 0.3) is 0 Å². The Morgan fingerprint density at radius 1 is 1.24 bits per heavy atom. The van der Waals surface area contributed by atoms with Crippen LogP contribution < -0.4 is 10.1 Å². The van der Waals surface area contributed by atoms with Crippen LogP contribution in [0.4, 0.5) is 5.82 Å². The topological polar surface area (TPSA) is 88.8 Å². The Kier molecular flexibility index (Phi) is 4.47. The van der Waals surface area contributed by atoms with Crippen molar-refractivity contribution < 1.29 is 14.6 Å². The molecular formula is C22H24N4O3. The molecule has 2 saturated carbocycles. The van der Waals surface area contributed by atoms with Crippen LogP contribution in [0.2, 0.25) is 0 Å². The Balaban J connectivity index is 1.44. The molecule has 0 radical (unpaired) electrons. The van der Waals surface area contributed by atoms with Gasteiger partial charge in [0.1, 0.15) is 11.9 Å². The highest BCUT2D eigenvalue weighted by atomic mass is 16.5. The second-order valence-corrected chi connectivity index (χ2v) is 8.11. The first-order valence-electron chi connectivity index (χ1n) is 10.2. The zero-order valence-corrected chi connectivity index (χ0v) is 16.3. The van der Waals surface area contributed by atoms with Crippen LogP contribution in [0.5, 0.6) is 5.75 Å². The highest BCUT2D eigenvalue weighted by Gasteiger charge is 2.30. The van der Waals surface area contributed by atoms with Gasteiger partial charge in [0, 0.05) is 35.9 Å². The molecule has 2 unspecified atom stereocenters. The third kappa shape index (κ3) is 3.82. The molecule has 0 spiro atoms. The fourth-order valence-corrected chi connectivity index (χ4v) is 3.87. The van der Waals surface area contributed by atoms with Crippen molar-refractivity contribution >= 4 is 17.2 Å². The standard InChI is InChI=1S/C22H24N4O3/c1-13-8-19(20(12-23-13)29-18-5-4-17(27)11-18)15-6-7-26-16(9-15)10-21(25-26)24-22(28)14-2-3-14/h6-10,12,14,17-18,27H,2-5,11H2,1H3,(H,24,25,28). The molecule has 0 bridgehead atoms. The summed E-state index contributed by atoms with van der Waals surface area (Å²) in [5, 5.41) is 17.1. The molecule has 2 aliphatic carbocycles. The summed E-state index contributed by atoms with van der Waals surface area (Å²) >= 11 is 0. The van der Waals surface area contributed by atoms with E-state index >= 15 is 0 Å². The minimum atomic E-state index is -0.283. The lowest BCUT2D eigenvalue weighted by Gasteiger charge is -2.17. The fraction of sp³-hybridized carbons (Fsp3) is 0.409. The number of aliphatic hydroxyl groups excluding tert-OH is 1. The lowest BCUT2D eigenvalue weighted by atomic mass is 10.1. The van der Waals surface area contributed by atoms with Crippen LogP contribution in [0.1, 0.15) is 37.8 Å². The van der Waals surface area contributed by atoms with Gasteiger partial charge in [0.15, 0.2) is 5.82 Å². The maximum Gasteiger partial charge on any atom is 0.228 e. The Labute approximate surface area is 168 Å². The molecule has 29 heavy (non-hydrogen) atoms. The van der Waals surface area contributed by atoms with Gasteiger partial charge in [-0.25, -0.2) is 4.52 Å². The third-order valence-corrected chi connectivity index (χ3v) is 5.63. The normalized spacial score (nSPS) is 21.4. The van der Waals surface area contributed by atoms with Gasteiger partial charge in [-0.1, -0.05) is 0 Å². The van der Waals surface area contributed by atoms with Crippen molar-refractivity contribution in [3.8, 4) is 16.9 Å². The zero-order chi connectivity index (χ0) is 20.0. The SMILES string of the molecule is Cc1cc(-c2ccn3nc(NC(=O)C4CC4)cc3c2)c(OC2CCC(O)C2)cn1. The summed E-state index contributed by atoms with van der Waals surface area (Å²) in [5.74, 6) is 1.49. The molecule has 0 saturated heterocycles. The first-order valence-corrected chi connectivity index (χ1v) is 10.2. The number of hydrogen-bond acceptors (Lipinski definition) is 5. The van der Waals surface area contributed by atoms with Crippen LogP contribution in [0, 0.1) is 12.8 Å². The van der Waals surface area contributed by atoms with Gasteiger partial charge in [0.2, 0.25) is 5.91 Å². The summed E-state index contributed by atoms with van der Waals surface area (Å²) < 4.78 is 7.95. The van der Waals surface area contributed by atoms with E-state index in [9.17, 15) is 9.90 Å². The summed E-state index contributed by atoms with van der Waals surface area (Å²) in [6.45, 7) is 1.95. The van der Waals surface area contributed by atoms with Gasteiger partial charge in [-0.3, -0.25) is 9.78 Å². The molecule has 0 aromatic carbocycles. The number of nitrogens with zero attached hydrogens (tertiary/aromatic N) is 3. The minimum Gasteiger partial charge on any atom is -0.488 e. The van der Waals surface area contributed by atoms with E-state index in [1.54, 1.807) is 10.7 Å². The van der Waals surface area contributed by atoms with Gasteiger partial charge in [-0.05, 0) is 56.4 Å². The van der Waals surface area contributed by atoms with Crippen molar-refractivity contribution in [2.24, 2.45) is 5.92 Å². The van der Waals surface area contributed by atoms with Crippen molar-refractivity contribution in [3.05, 3.63) is 42.4 Å². The zero-order valence-electron chi connectivity index (χ0n) is 16.3. The molecule has 3 aromatic rings. The molecule has 2 aliphatic rings. The van der Waals surface area contributed by atoms with Crippen molar-refractivity contribution in [3.63, 3.8) is 0 Å². The summed E-state index contributed by atoms with van der Waals surface area (Å²) in [6, 6.07) is 7.91. The number of pyridine rings is 2. The predicted molar refractivity (Wildman–Crippen MR) is 109 cm³/mol. The van der Waals surface area contributed by atoms with E-state index in [1.807, 2.05) is 37.4 Å². The number of aliphatic hydroxyl groups is 1. The lowest BCUT2D eigenvalue weighted by Crippen LogP contribution is -2.14.